The summed E-state index contributed by atoms with van der Waals surface area (Å²) in [5.74, 6) is 0. The molecule has 0 aliphatic carbocycles. The maximum absolute atomic E-state index is 4.28. The van der Waals surface area contributed by atoms with E-state index in [4.69, 9.17) is 0 Å². The van der Waals surface area contributed by atoms with Gasteiger partial charge in [0.25, 0.3) is 0 Å². The van der Waals surface area contributed by atoms with Crippen LogP contribution in [0.15, 0.2) is 24.3 Å². The van der Waals surface area contributed by atoms with Crippen molar-refractivity contribution in [1.29, 1.82) is 0 Å². The molecule has 102 valence electrons. The van der Waals surface area contributed by atoms with Gasteiger partial charge < -0.3 is 5.32 Å². The molecule has 0 saturated carbocycles. The van der Waals surface area contributed by atoms with Gasteiger partial charge in [0.15, 0.2) is 0 Å². The summed E-state index contributed by atoms with van der Waals surface area (Å²) in [7, 11) is 0. The van der Waals surface area contributed by atoms with Crippen molar-refractivity contribution in [3.63, 3.8) is 0 Å². The minimum Gasteiger partial charge on any atom is -0.312 e. The van der Waals surface area contributed by atoms with Crippen molar-refractivity contribution in [2.24, 2.45) is 0 Å². The summed E-state index contributed by atoms with van der Waals surface area (Å²) in [6.45, 7) is 9.55. The largest absolute Gasteiger partial charge is 0.312 e. The standard InChI is InChI=1S/C15H21N3S/c1-11-6-5-7-12(10-11)14-18-17-13(19-14)8-9-16-15(2,3)4/h5-7,10,16H,8-9H2,1-4H3. The lowest BCUT2D eigenvalue weighted by Gasteiger charge is -2.19. The van der Waals surface area contributed by atoms with Gasteiger partial charge in [-0.25, -0.2) is 0 Å². The van der Waals surface area contributed by atoms with Gasteiger partial charge in [-0.05, 0) is 33.8 Å². The highest BCUT2D eigenvalue weighted by atomic mass is 32.1. The third-order valence-electron chi connectivity index (χ3n) is 2.73. The van der Waals surface area contributed by atoms with Crippen LogP contribution >= 0.6 is 11.3 Å². The zero-order valence-electron chi connectivity index (χ0n) is 12.0. The van der Waals surface area contributed by atoms with Crippen molar-refractivity contribution in [1.82, 2.24) is 15.5 Å². The van der Waals surface area contributed by atoms with Crippen molar-refractivity contribution in [2.45, 2.75) is 39.7 Å². The molecule has 0 fully saturated rings. The van der Waals surface area contributed by atoms with E-state index in [0.717, 1.165) is 28.5 Å². The van der Waals surface area contributed by atoms with Crippen molar-refractivity contribution in [3.8, 4) is 10.6 Å². The predicted octanol–water partition coefficient (Wildman–Crippen LogP) is 3.44. The molecule has 1 heterocycles. The molecule has 0 bridgehead atoms. The monoisotopic (exact) mass is 275 g/mol. The molecule has 0 unspecified atom stereocenters. The van der Waals surface area contributed by atoms with Gasteiger partial charge >= 0.3 is 0 Å². The number of aromatic nitrogens is 2. The molecule has 0 amide bonds. The second-order valence-electron chi connectivity index (χ2n) is 5.80. The molecule has 0 saturated heterocycles. The van der Waals surface area contributed by atoms with Gasteiger partial charge in [-0.3, -0.25) is 0 Å². The van der Waals surface area contributed by atoms with Gasteiger partial charge in [-0.2, -0.15) is 0 Å². The Morgan fingerprint density at radius 3 is 2.68 bits per heavy atom. The Bertz CT molecular complexity index is 540. The van der Waals surface area contributed by atoms with Gasteiger partial charge in [0.2, 0.25) is 0 Å². The molecule has 1 N–H and O–H groups in total. The van der Waals surface area contributed by atoms with Crippen molar-refractivity contribution < 1.29 is 0 Å². The summed E-state index contributed by atoms with van der Waals surface area (Å²) in [4.78, 5) is 0. The Labute approximate surface area is 119 Å². The van der Waals surface area contributed by atoms with E-state index < -0.39 is 0 Å². The second-order valence-corrected chi connectivity index (χ2v) is 6.86. The van der Waals surface area contributed by atoms with Crippen LogP contribution in [0.25, 0.3) is 10.6 Å². The molecule has 4 heteroatoms. The molecule has 0 spiro atoms. The van der Waals surface area contributed by atoms with Gasteiger partial charge in [-0.15, -0.1) is 10.2 Å². The van der Waals surface area contributed by atoms with Gasteiger partial charge in [0.1, 0.15) is 10.0 Å². The second kappa shape index (κ2) is 5.80. The summed E-state index contributed by atoms with van der Waals surface area (Å²) >= 11 is 1.68. The number of nitrogens with one attached hydrogen (secondary N) is 1. The molecular weight excluding hydrogens is 254 g/mol. The van der Waals surface area contributed by atoms with E-state index in [9.17, 15) is 0 Å². The maximum atomic E-state index is 4.28. The first-order chi connectivity index (χ1) is 8.94. The minimum atomic E-state index is 0.157. The van der Waals surface area contributed by atoms with Gasteiger partial charge in [-0.1, -0.05) is 35.1 Å². The smallest absolute Gasteiger partial charge is 0.147 e. The highest BCUT2D eigenvalue weighted by molar-refractivity contribution is 7.14. The Hall–Kier alpha value is -1.26. The molecule has 2 aromatic rings. The van der Waals surface area contributed by atoms with Crippen LogP contribution in [0, 0.1) is 6.92 Å². The summed E-state index contributed by atoms with van der Waals surface area (Å²) in [6.07, 6.45) is 0.931. The Kier molecular flexibility index (Phi) is 4.32. The first-order valence-corrected chi connectivity index (χ1v) is 7.40. The maximum Gasteiger partial charge on any atom is 0.147 e. The van der Waals surface area contributed by atoms with Crippen LogP contribution in [0.4, 0.5) is 0 Å². The number of hydrogen-bond acceptors (Lipinski definition) is 4. The number of benzene rings is 1. The summed E-state index contributed by atoms with van der Waals surface area (Å²) < 4.78 is 0. The van der Waals surface area contributed by atoms with E-state index in [1.807, 2.05) is 0 Å². The van der Waals surface area contributed by atoms with E-state index in [0.29, 0.717) is 0 Å². The third kappa shape index (κ3) is 4.40. The Morgan fingerprint density at radius 2 is 2.00 bits per heavy atom. The molecule has 3 nitrogen and oxygen atoms in total. The zero-order valence-corrected chi connectivity index (χ0v) is 12.8. The van der Waals surface area contributed by atoms with Crippen molar-refractivity contribution in [3.05, 3.63) is 34.8 Å². The van der Waals surface area contributed by atoms with E-state index in [1.165, 1.54) is 5.56 Å². The predicted molar refractivity (Wildman–Crippen MR) is 81.5 cm³/mol. The van der Waals surface area contributed by atoms with Gasteiger partial charge in [0.05, 0.1) is 0 Å². The van der Waals surface area contributed by atoms with E-state index >= 15 is 0 Å². The minimum absolute atomic E-state index is 0.157. The molecule has 19 heavy (non-hydrogen) atoms. The van der Waals surface area contributed by atoms with Crippen LogP contribution in [0.3, 0.4) is 0 Å². The molecule has 2 rings (SSSR count). The molecule has 0 aliphatic rings. The fourth-order valence-corrected chi connectivity index (χ4v) is 2.63. The van der Waals surface area contributed by atoms with Crippen molar-refractivity contribution in [2.75, 3.05) is 6.54 Å². The van der Waals surface area contributed by atoms with Crippen LogP contribution in [-0.4, -0.2) is 22.3 Å². The van der Waals surface area contributed by atoms with Crippen LogP contribution < -0.4 is 5.32 Å². The summed E-state index contributed by atoms with van der Waals surface area (Å²) in [5.41, 5.74) is 2.57. The lowest BCUT2D eigenvalue weighted by Crippen LogP contribution is -2.37. The number of nitrogens with zero attached hydrogens (tertiary/aromatic N) is 2. The third-order valence-corrected chi connectivity index (χ3v) is 3.76. The fraction of sp³-hybridized carbons (Fsp3) is 0.467. The average molecular weight is 275 g/mol. The lowest BCUT2D eigenvalue weighted by atomic mass is 10.1. The van der Waals surface area contributed by atoms with Crippen LogP contribution in [0.1, 0.15) is 31.3 Å². The summed E-state index contributed by atoms with van der Waals surface area (Å²) in [6, 6.07) is 8.40. The van der Waals surface area contributed by atoms with E-state index in [1.54, 1.807) is 11.3 Å². The first-order valence-electron chi connectivity index (χ1n) is 6.58. The highest BCUT2D eigenvalue weighted by Crippen LogP contribution is 2.24. The first kappa shape index (κ1) is 14.2. The van der Waals surface area contributed by atoms with Gasteiger partial charge in [0, 0.05) is 24.1 Å². The van der Waals surface area contributed by atoms with Crippen LogP contribution in [0.5, 0.6) is 0 Å². The average Bonchev–Trinajstić information content (AvgIpc) is 2.76. The highest BCUT2D eigenvalue weighted by Gasteiger charge is 2.10. The zero-order chi connectivity index (χ0) is 13.9. The lowest BCUT2D eigenvalue weighted by molar-refractivity contribution is 0.429. The number of aryl methyl sites for hydroxylation is 1. The normalized spacial score (nSPS) is 11.8. The topological polar surface area (TPSA) is 37.8 Å². The quantitative estimate of drug-likeness (QED) is 0.928. The van der Waals surface area contributed by atoms with Crippen molar-refractivity contribution >= 4 is 11.3 Å². The van der Waals surface area contributed by atoms with Crippen LogP contribution in [0.2, 0.25) is 0 Å². The molecule has 0 aliphatic heterocycles. The Morgan fingerprint density at radius 1 is 1.21 bits per heavy atom. The molecule has 1 aromatic carbocycles. The molecule has 0 atom stereocenters. The molecular formula is C15H21N3S. The van der Waals surface area contributed by atoms with E-state index in [-0.39, 0.29) is 5.54 Å². The fourth-order valence-electron chi connectivity index (χ4n) is 1.79. The summed E-state index contributed by atoms with van der Waals surface area (Å²) in [5, 5.41) is 14.1. The number of hydrogen-bond donors (Lipinski definition) is 1. The molecule has 0 radical (unpaired) electrons. The number of rotatable bonds is 4. The molecule has 1 aromatic heterocycles. The van der Waals surface area contributed by atoms with Crippen LogP contribution in [-0.2, 0) is 6.42 Å². The van der Waals surface area contributed by atoms with E-state index in [2.05, 4.69) is 67.5 Å². The Balaban J connectivity index is 1.99. The SMILES string of the molecule is Cc1cccc(-c2nnc(CCNC(C)(C)C)s2)c1.